The van der Waals surface area contributed by atoms with Gasteiger partial charge in [-0.25, -0.2) is 4.79 Å². The van der Waals surface area contributed by atoms with Crippen LogP contribution in [0.3, 0.4) is 0 Å². The zero-order valence-corrected chi connectivity index (χ0v) is 10.3. The van der Waals surface area contributed by atoms with Gasteiger partial charge in [0, 0.05) is 26.8 Å². The molecular formula is C11H18N2O4. The minimum absolute atomic E-state index is 0.224. The second kappa shape index (κ2) is 6.34. The summed E-state index contributed by atoms with van der Waals surface area (Å²) in [5, 5.41) is 0. The Balaban J connectivity index is 2.39. The monoisotopic (exact) mass is 242 g/mol. The van der Waals surface area contributed by atoms with Gasteiger partial charge in [0.2, 0.25) is 11.8 Å². The van der Waals surface area contributed by atoms with Crippen molar-refractivity contribution < 1.29 is 19.1 Å². The van der Waals surface area contributed by atoms with Gasteiger partial charge in [-0.3, -0.25) is 19.4 Å². The summed E-state index contributed by atoms with van der Waals surface area (Å²) in [6.45, 7) is 3.51. The first-order valence-corrected chi connectivity index (χ1v) is 5.76. The molecule has 0 atom stereocenters. The Morgan fingerprint density at radius 3 is 2.53 bits per heavy atom. The van der Waals surface area contributed by atoms with E-state index in [-0.39, 0.29) is 6.42 Å². The van der Waals surface area contributed by atoms with Crippen molar-refractivity contribution in [1.82, 2.24) is 9.80 Å². The zero-order chi connectivity index (χ0) is 12.8. The lowest BCUT2D eigenvalue weighted by atomic mass is 10.2. The maximum atomic E-state index is 11.6. The minimum Gasteiger partial charge on any atom is -0.381 e. The lowest BCUT2D eigenvalue weighted by Gasteiger charge is -2.30. The molecule has 6 heteroatoms. The summed E-state index contributed by atoms with van der Waals surface area (Å²) in [7, 11) is 1.39. The van der Waals surface area contributed by atoms with E-state index in [1.807, 2.05) is 6.92 Å². The SMILES string of the molecule is CCCOCCCN1C(=O)CC(=O)N(C)C1=O. The Morgan fingerprint density at radius 1 is 1.18 bits per heavy atom. The number of ether oxygens (including phenoxy) is 1. The lowest BCUT2D eigenvalue weighted by molar-refractivity contribution is -0.141. The van der Waals surface area contributed by atoms with Crippen LogP contribution in [0.15, 0.2) is 0 Å². The summed E-state index contributed by atoms with van der Waals surface area (Å²) < 4.78 is 5.26. The molecule has 0 N–H and O–H groups in total. The van der Waals surface area contributed by atoms with Crippen LogP contribution < -0.4 is 0 Å². The molecule has 1 rings (SSSR count). The summed E-state index contributed by atoms with van der Waals surface area (Å²) >= 11 is 0. The highest BCUT2D eigenvalue weighted by atomic mass is 16.5. The third-order valence-electron chi connectivity index (χ3n) is 2.51. The van der Waals surface area contributed by atoms with E-state index in [0.29, 0.717) is 26.2 Å². The van der Waals surface area contributed by atoms with E-state index in [9.17, 15) is 14.4 Å². The largest absolute Gasteiger partial charge is 0.381 e. The van der Waals surface area contributed by atoms with Crippen molar-refractivity contribution in [1.29, 1.82) is 0 Å². The number of amides is 4. The molecule has 6 nitrogen and oxygen atoms in total. The average molecular weight is 242 g/mol. The first kappa shape index (κ1) is 13.6. The molecule has 0 bridgehead atoms. The topological polar surface area (TPSA) is 66.9 Å². The first-order chi connectivity index (χ1) is 8.07. The zero-order valence-electron chi connectivity index (χ0n) is 10.3. The molecular weight excluding hydrogens is 224 g/mol. The van der Waals surface area contributed by atoms with Crippen molar-refractivity contribution in [3.8, 4) is 0 Å². The smallest absolute Gasteiger partial charge is 0.333 e. The minimum atomic E-state index is -0.540. The van der Waals surface area contributed by atoms with E-state index >= 15 is 0 Å². The number of hydrogen-bond acceptors (Lipinski definition) is 4. The number of hydrogen-bond donors (Lipinski definition) is 0. The molecule has 4 amide bonds. The quantitative estimate of drug-likeness (QED) is 0.505. The fourth-order valence-electron chi connectivity index (χ4n) is 1.53. The van der Waals surface area contributed by atoms with Gasteiger partial charge in [-0.15, -0.1) is 0 Å². The van der Waals surface area contributed by atoms with Crippen LogP contribution in [0, 0.1) is 0 Å². The Labute approximate surface area is 101 Å². The molecule has 0 aromatic carbocycles. The van der Waals surface area contributed by atoms with Crippen molar-refractivity contribution in [2.75, 3.05) is 26.8 Å². The van der Waals surface area contributed by atoms with Crippen LogP contribution in [0.2, 0.25) is 0 Å². The number of barbiturate groups is 1. The Hall–Kier alpha value is -1.43. The van der Waals surface area contributed by atoms with Gasteiger partial charge in [0.05, 0.1) is 0 Å². The van der Waals surface area contributed by atoms with Crippen LogP contribution >= 0.6 is 0 Å². The fraction of sp³-hybridized carbons (Fsp3) is 0.727. The molecule has 1 aliphatic heterocycles. The van der Waals surface area contributed by atoms with Crippen LogP contribution in [-0.4, -0.2) is 54.5 Å². The van der Waals surface area contributed by atoms with E-state index in [2.05, 4.69) is 0 Å². The van der Waals surface area contributed by atoms with Crippen LogP contribution in [0.4, 0.5) is 4.79 Å². The van der Waals surface area contributed by atoms with Crippen LogP contribution in [-0.2, 0) is 14.3 Å². The predicted molar refractivity (Wildman–Crippen MR) is 60.2 cm³/mol. The van der Waals surface area contributed by atoms with E-state index in [0.717, 1.165) is 16.2 Å². The molecule has 0 unspecified atom stereocenters. The average Bonchev–Trinajstić information content (AvgIpc) is 2.30. The normalized spacial score (nSPS) is 16.9. The molecule has 0 radical (unpaired) electrons. The lowest BCUT2D eigenvalue weighted by Crippen LogP contribution is -2.53. The summed E-state index contributed by atoms with van der Waals surface area (Å²) in [6, 6.07) is -0.540. The van der Waals surface area contributed by atoms with Crippen molar-refractivity contribution in [3.05, 3.63) is 0 Å². The second-order valence-corrected chi connectivity index (χ2v) is 3.92. The van der Waals surface area contributed by atoms with Gasteiger partial charge >= 0.3 is 6.03 Å². The maximum absolute atomic E-state index is 11.6. The Bertz CT molecular complexity index is 317. The highest BCUT2D eigenvalue weighted by Gasteiger charge is 2.34. The number of nitrogens with zero attached hydrogens (tertiary/aromatic N) is 2. The predicted octanol–water partition coefficient (Wildman–Crippen LogP) is 0.614. The fourth-order valence-corrected chi connectivity index (χ4v) is 1.53. The highest BCUT2D eigenvalue weighted by molar-refractivity contribution is 6.13. The van der Waals surface area contributed by atoms with Gasteiger partial charge < -0.3 is 4.74 Å². The van der Waals surface area contributed by atoms with Gasteiger partial charge in [-0.2, -0.15) is 0 Å². The van der Waals surface area contributed by atoms with Crippen LogP contribution in [0.25, 0.3) is 0 Å². The Kier molecular flexibility index (Phi) is 5.09. The number of carbonyl (C=O) groups is 3. The van der Waals surface area contributed by atoms with E-state index in [4.69, 9.17) is 4.74 Å². The van der Waals surface area contributed by atoms with Gasteiger partial charge in [-0.1, -0.05) is 6.92 Å². The van der Waals surface area contributed by atoms with Crippen molar-refractivity contribution in [2.24, 2.45) is 0 Å². The summed E-state index contributed by atoms with van der Waals surface area (Å²) in [6.07, 6.45) is 1.32. The molecule has 0 aliphatic carbocycles. The molecule has 0 aromatic rings. The van der Waals surface area contributed by atoms with Crippen LogP contribution in [0.5, 0.6) is 0 Å². The Morgan fingerprint density at radius 2 is 1.88 bits per heavy atom. The maximum Gasteiger partial charge on any atom is 0.333 e. The van der Waals surface area contributed by atoms with Crippen molar-refractivity contribution >= 4 is 17.8 Å². The van der Waals surface area contributed by atoms with E-state index in [1.165, 1.54) is 7.05 Å². The van der Waals surface area contributed by atoms with Gasteiger partial charge in [0.1, 0.15) is 6.42 Å². The standard InChI is InChI=1S/C11H18N2O4/c1-3-6-17-7-4-5-13-10(15)8-9(14)12(2)11(13)16/h3-8H2,1-2H3. The summed E-state index contributed by atoms with van der Waals surface area (Å²) in [4.78, 5) is 36.4. The molecule has 96 valence electrons. The van der Waals surface area contributed by atoms with E-state index in [1.54, 1.807) is 0 Å². The molecule has 1 heterocycles. The molecule has 1 saturated heterocycles. The van der Waals surface area contributed by atoms with Crippen LogP contribution in [0.1, 0.15) is 26.2 Å². The highest BCUT2D eigenvalue weighted by Crippen LogP contribution is 2.10. The van der Waals surface area contributed by atoms with Gasteiger partial charge in [-0.05, 0) is 12.8 Å². The number of urea groups is 1. The number of imide groups is 2. The third-order valence-corrected chi connectivity index (χ3v) is 2.51. The van der Waals surface area contributed by atoms with Crippen molar-refractivity contribution in [2.45, 2.75) is 26.2 Å². The first-order valence-electron chi connectivity index (χ1n) is 5.76. The molecule has 0 spiro atoms. The summed E-state index contributed by atoms with van der Waals surface area (Å²) in [5.74, 6) is -0.868. The van der Waals surface area contributed by atoms with E-state index < -0.39 is 17.8 Å². The number of carbonyl (C=O) groups excluding carboxylic acids is 3. The molecule has 17 heavy (non-hydrogen) atoms. The number of rotatable bonds is 6. The molecule has 1 fully saturated rings. The molecule has 1 aliphatic rings. The third kappa shape index (κ3) is 3.52. The van der Waals surface area contributed by atoms with Gasteiger partial charge in [0.15, 0.2) is 0 Å². The van der Waals surface area contributed by atoms with Crippen molar-refractivity contribution in [3.63, 3.8) is 0 Å². The van der Waals surface area contributed by atoms with Gasteiger partial charge in [0.25, 0.3) is 0 Å². The molecule has 0 aromatic heterocycles. The summed E-state index contributed by atoms with van der Waals surface area (Å²) in [5.41, 5.74) is 0. The molecule has 0 saturated carbocycles. The second-order valence-electron chi connectivity index (χ2n) is 3.92.